The highest BCUT2D eigenvalue weighted by molar-refractivity contribution is 7.26. The first-order valence-electron chi connectivity index (χ1n) is 16.8. The molecule has 0 amide bonds. The summed E-state index contributed by atoms with van der Waals surface area (Å²) in [6.45, 7) is 0. The Balaban J connectivity index is 1.07. The molecule has 0 unspecified atom stereocenters. The molecule has 0 aliphatic rings. The van der Waals surface area contributed by atoms with Crippen molar-refractivity contribution in [3.8, 4) is 11.1 Å². The van der Waals surface area contributed by atoms with Crippen molar-refractivity contribution in [2.45, 2.75) is 0 Å². The van der Waals surface area contributed by atoms with Crippen molar-refractivity contribution in [1.29, 1.82) is 0 Å². The van der Waals surface area contributed by atoms with E-state index in [1.807, 2.05) is 22.7 Å². The van der Waals surface area contributed by atoms with Gasteiger partial charge < -0.3 is 9.32 Å². The van der Waals surface area contributed by atoms with Crippen molar-refractivity contribution >= 4 is 113 Å². The van der Waals surface area contributed by atoms with Gasteiger partial charge in [0.2, 0.25) is 0 Å². The summed E-state index contributed by atoms with van der Waals surface area (Å²) in [5.41, 5.74) is 7.73. The van der Waals surface area contributed by atoms with E-state index in [1.165, 1.54) is 62.2 Å². The fourth-order valence-corrected chi connectivity index (χ4v) is 10.0. The lowest BCUT2D eigenvalue weighted by atomic mass is 10.0. The molecule has 0 radical (unpaired) electrons. The number of thiophene rings is 2. The van der Waals surface area contributed by atoms with Crippen LogP contribution in [0.2, 0.25) is 0 Å². The number of para-hydroxylation sites is 1. The molecule has 0 saturated carbocycles. The average molecular weight is 674 g/mol. The van der Waals surface area contributed by atoms with Gasteiger partial charge in [0.1, 0.15) is 11.2 Å². The van der Waals surface area contributed by atoms with Crippen LogP contribution >= 0.6 is 22.7 Å². The van der Waals surface area contributed by atoms with Gasteiger partial charge in [0.05, 0.1) is 0 Å². The minimum Gasteiger partial charge on any atom is -0.455 e. The van der Waals surface area contributed by atoms with Crippen LogP contribution < -0.4 is 4.90 Å². The molecule has 3 heterocycles. The van der Waals surface area contributed by atoms with Crippen molar-refractivity contribution in [2.24, 2.45) is 0 Å². The zero-order valence-corrected chi connectivity index (χ0v) is 28.4. The molecule has 3 aromatic heterocycles. The largest absolute Gasteiger partial charge is 0.455 e. The second-order valence-corrected chi connectivity index (χ2v) is 15.0. The summed E-state index contributed by atoms with van der Waals surface area (Å²) in [7, 11) is 0. The molecule has 234 valence electrons. The maximum Gasteiger partial charge on any atom is 0.144 e. The minimum atomic E-state index is 0.930. The topological polar surface area (TPSA) is 16.4 Å². The molecule has 0 bridgehead atoms. The van der Waals surface area contributed by atoms with Crippen LogP contribution in [0.5, 0.6) is 0 Å². The van der Waals surface area contributed by atoms with Crippen LogP contribution in [0.25, 0.3) is 84.2 Å². The third kappa shape index (κ3) is 4.19. The molecule has 2 nitrogen and oxygen atoms in total. The summed E-state index contributed by atoms with van der Waals surface area (Å²) in [6, 6.07) is 59.4. The monoisotopic (exact) mass is 673 g/mol. The van der Waals surface area contributed by atoms with Gasteiger partial charge in [-0.2, -0.15) is 0 Å². The Labute approximate surface area is 295 Å². The Morgan fingerprint density at radius 2 is 1.12 bits per heavy atom. The number of nitrogens with zero attached hydrogens (tertiary/aromatic N) is 1. The van der Waals surface area contributed by atoms with Crippen LogP contribution in [-0.2, 0) is 0 Å². The van der Waals surface area contributed by atoms with E-state index in [-0.39, 0.29) is 0 Å². The Hall–Kier alpha value is -5.94. The maximum absolute atomic E-state index is 6.71. The molecule has 0 saturated heterocycles. The Morgan fingerprint density at radius 1 is 0.420 bits per heavy atom. The zero-order chi connectivity index (χ0) is 32.8. The number of anilines is 3. The average Bonchev–Trinajstić information content (AvgIpc) is 3.85. The van der Waals surface area contributed by atoms with E-state index in [1.54, 1.807) is 0 Å². The van der Waals surface area contributed by atoms with Crippen molar-refractivity contribution in [1.82, 2.24) is 0 Å². The van der Waals surface area contributed by atoms with Crippen LogP contribution in [0.4, 0.5) is 17.1 Å². The molecular formula is C46H27NOS2. The SMILES string of the molecule is c1ccc(N(c2ccc(-c3cccc4c3sc3ccccc34)cc2)c2ccc3sc4ccc5c6cc7ccccc7cc6oc5c4c3c2)cc1. The molecule has 8 aromatic carbocycles. The molecular weight excluding hydrogens is 647 g/mol. The van der Waals surface area contributed by atoms with Gasteiger partial charge in [-0.15, -0.1) is 22.7 Å². The third-order valence-electron chi connectivity index (χ3n) is 10.0. The summed E-state index contributed by atoms with van der Waals surface area (Å²) in [6.07, 6.45) is 0. The van der Waals surface area contributed by atoms with Gasteiger partial charge in [0.15, 0.2) is 0 Å². The van der Waals surface area contributed by atoms with E-state index in [0.717, 1.165) is 39.0 Å². The smallest absolute Gasteiger partial charge is 0.144 e. The molecule has 0 atom stereocenters. The van der Waals surface area contributed by atoms with E-state index >= 15 is 0 Å². The second kappa shape index (κ2) is 10.8. The molecule has 4 heteroatoms. The zero-order valence-electron chi connectivity index (χ0n) is 26.8. The summed E-state index contributed by atoms with van der Waals surface area (Å²) >= 11 is 3.70. The van der Waals surface area contributed by atoms with E-state index < -0.39 is 0 Å². The maximum atomic E-state index is 6.71. The van der Waals surface area contributed by atoms with Gasteiger partial charge in [-0.3, -0.25) is 0 Å². The number of furan rings is 1. The number of hydrogen-bond donors (Lipinski definition) is 0. The fraction of sp³-hybridized carbons (Fsp3) is 0. The Kier molecular flexibility index (Phi) is 6.03. The van der Waals surface area contributed by atoms with Crippen molar-refractivity contribution in [3.63, 3.8) is 0 Å². The summed E-state index contributed by atoms with van der Waals surface area (Å²) in [5, 5.41) is 9.78. The quantitative estimate of drug-likeness (QED) is 0.185. The molecule has 0 spiro atoms. The molecule has 50 heavy (non-hydrogen) atoms. The third-order valence-corrected chi connectivity index (χ3v) is 12.4. The first-order valence-corrected chi connectivity index (χ1v) is 18.5. The predicted octanol–water partition coefficient (Wildman–Crippen LogP) is 14.6. The van der Waals surface area contributed by atoms with E-state index in [2.05, 4.69) is 169 Å². The summed E-state index contributed by atoms with van der Waals surface area (Å²) in [5.74, 6) is 0. The minimum absolute atomic E-state index is 0.930. The molecule has 11 rings (SSSR count). The lowest BCUT2D eigenvalue weighted by Gasteiger charge is -2.26. The van der Waals surface area contributed by atoms with Gasteiger partial charge in [-0.25, -0.2) is 0 Å². The van der Waals surface area contributed by atoms with Crippen LogP contribution in [0.15, 0.2) is 168 Å². The number of fused-ring (bicyclic) bond motifs is 11. The summed E-state index contributed by atoms with van der Waals surface area (Å²) in [4.78, 5) is 2.36. The van der Waals surface area contributed by atoms with Crippen LogP contribution in [0, 0.1) is 0 Å². The van der Waals surface area contributed by atoms with Crippen LogP contribution in [-0.4, -0.2) is 0 Å². The van der Waals surface area contributed by atoms with Gasteiger partial charge in [0, 0.05) is 68.2 Å². The van der Waals surface area contributed by atoms with Gasteiger partial charge >= 0.3 is 0 Å². The van der Waals surface area contributed by atoms with Gasteiger partial charge in [0.25, 0.3) is 0 Å². The van der Waals surface area contributed by atoms with E-state index in [0.29, 0.717) is 0 Å². The first kappa shape index (κ1) is 28.0. The lowest BCUT2D eigenvalue weighted by molar-refractivity contribution is 0.673. The second-order valence-electron chi connectivity index (χ2n) is 12.9. The van der Waals surface area contributed by atoms with Gasteiger partial charge in [-0.05, 0) is 94.7 Å². The molecule has 11 aromatic rings. The number of benzene rings is 8. The molecule has 0 aliphatic carbocycles. The van der Waals surface area contributed by atoms with E-state index in [9.17, 15) is 0 Å². The van der Waals surface area contributed by atoms with Crippen LogP contribution in [0.3, 0.4) is 0 Å². The molecule has 0 fully saturated rings. The normalized spacial score (nSPS) is 12.0. The molecule has 0 N–H and O–H groups in total. The van der Waals surface area contributed by atoms with Crippen molar-refractivity contribution in [2.75, 3.05) is 4.90 Å². The lowest BCUT2D eigenvalue weighted by Crippen LogP contribution is -2.09. The highest BCUT2D eigenvalue weighted by Crippen LogP contribution is 2.46. The number of hydrogen-bond acceptors (Lipinski definition) is 4. The van der Waals surface area contributed by atoms with Gasteiger partial charge in [-0.1, -0.05) is 91.0 Å². The highest BCUT2D eigenvalue weighted by atomic mass is 32.1. The first-order chi connectivity index (χ1) is 24.8. The van der Waals surface area contributed by atoms with E-state index in [4.69, 9.17) is 4.42 Å². The Morgan fingerprint density at radius 3 is 2.00 bits per heavy atom. The fourth-order valence-electron chi connectivity index (χ4n) is 7.70. The predicted molar refractivity (Wildman–Crippen MR) is 217 cm³/mol. The van der Waals surface area contributed by atoms with Crippen molar-refractivity contribution < 1.29 is 4.42 Å². The number of rotatable bonds is 4. The molecule has 0 aliphatic heterocycles. The standard InChI is InChI=1S/C46H27NOS2/c1-2-11-31(12-3-1)47(32-19-17-28(18-20-32)34-14-8-15-37-35-13-6-7-16-41(35)50-46(34)37)33-21-23-42-39(27-33)44-43(49-42)24-22-36-38-25-29-9-4-5-10-30(29)26-40(38)48-45(36)44/h1-27H. The van der Waals surface area contributed by atoms with Crippen LogP contribution in [0.1, 0.15) is 0 Å². The Bertz CT molecular complexity index is 3090. The van der Waals surface area contributed by atoms with Crippen molar-refractivity contribution in [3.05, 3.63) is 164 Å². The summed E-state index contributed by atoms with van der Waals surface area (Å²) < 4.78 is 11.9. The highest BCUT2D eigenvalue weighted by Gasteiger charge is 2.19.